The molecular weight excluding hydrogens is 359 g/mol. The number of rotatable bonds is 5. The molecule has 0 aliphatic carbocycles. The van der Waals surface area contributed by atoms with Gasteiger partial charge in [-0.15, -0.1) is 0 Å². The van der Waals surface area contributed by atoms with Crippen LogP contribution in [0.1, 0.15) is 45.2 Å². The molecule has 3 nitrogen and oxygen atoms in total. The summed E-state index contributed by atoms with van der Waals surface area (Å²) in [4.78, 5) is 2.19. The first-order valence-corrected chi connectivity index (χ1v) is 10.1. The topological polar surface area (TPSA) is 41.3 Å². The Morgan fingerprint density at radius 3 is 2.19 bits per heavy atom. The van der Waals surface area contributed by atoms with E-state index in [9.17, 15) is 13.2 Å². The number of hydrogen-bond acceptors (Lipinski definition) is 4. The van der Waals surface area contributed by atoms with Gasteiger partial charge >= 0.3 is 6.18 Å². The zero-order valence-electron chi connectivity index (χ0n) is 16.2. The maximum atomic E-state index is 12.9. The summed E-state index contributed by atoms with van der Waals surface area (Å²) in [6, 6.07) is 4.18. The van der Waals surface area contributed by atoms with Crippen molar-refractivity contribution >= 4 is 17.6 Å². The van der Waals surface area contributed by atoms with Gasteiger partial charge in [-0.05, 0) is 42.5 Å². The Bertz CT molecular complexity index is 527. The van der Waals surface area contributed by atoms with Crippen LogP contribution in [0.25, 0.3) is 0 Å². The Kier molecular flexibility index (Phi) is 9.82. The third-order valence-corrected chi connectivity index (χ3v) is 4.67. The molecule has 1 fully saturated rings. The van der Waals surface area contributed by atoms with Crippen LogP contribution < -0.4 is 15.4 Å². The van der Waals surface area contributed by atoms with Gasteiger partial charge in [-0.3, -0.25) is 5.14 Å². The van der Waals surface area contributed by atoms with Crippen molar-refractivity contribution in [3.05, 3.63) is 29.3 Å². The van der Waals surface area contributed by atoms with E-state index in [0.29, 0.717) is 17.6 Å². The first kappa shape index (κ1) is 23.1. The highest BCUT2D eigenvalue weighted by Gasteiger charge is 2.31. The molecule has 26 heavy (non-hydrogen) atoms. The number of nitrogens with one attached hydrogen (secondary N) is 1. The van der Waals surface area contributed by atoms with Crippen molar-refractivity contribution in [1.82, 2.24) is 5.32 Å². The summed E-state index contributed by atoms with van der Waals surface area (Å²) in [6.45, 7) is 11.8. The van der Waals surface area contributed by atoms with E-state index in [1.165, 1.54) is 24.1 Å². The summed E-state index contributed by atoms with van der Waals surface area (Å²) < 4.78 is 38.8. The molecule has 1 aromatic rings. The smallest absolute Gasteiger partial charge is 0.369 e. The molecule has 1 heterocycles. The normalized spacial score (nSPS) is 15.2. The van der Waals surface area contributed by atoms with Crippen LogP contribution in [0.15, 0.2) is 18.2 Å². The molecule has 0 saturated carbocycles. The van der Waals surface area contributed by atoms with Gasteiger partial charge in [-0.1, -0.05) is 39.6 Å². The third-order valence-electron chi connectivity index (χ3n) is 4.13. The van der Waals surface area contributed by atoms with E-state index in [2.05, 4.69) is 37.9 Å². The number of aryl methyl sites for hydroxylation is 1. The average Bonchev–Trinajstić information content (AvgIpc) is 2.60. The Balaban J connectivity index is 0.000000597. The lowest BCUT2D eigenvalue weighted by Gasteiger charge is -2.31. The van der Waals surface area contributed by atoms with E-state index >= 15 is 0 Å². The molecule has 1 aromatic carbocycles. The second-order valence-corrected chi connectivity index (χ2v) is 8.41. The predicted octanol–water partition coefficient (Wildman–Crippen LogP) is 4.71. The van der Waals surface area contributed by atoms with Crippen molar-refractivity contribution in [3.8, 4) is 0 Å². The zero-order chi connectivity index (χ0) is 19.7. The molecule has 1 aliphatic rings. The van der Waals surface area contributed by atoms with Gasteiger partial charge in [0.25, 0.3) is 0 Å². The molecule has 7 heteroatoms. The molecule has 0 bridgehead atoms. The van der Waals surface area contributed by atoms with Gasteiger partial charge in [0, 0.05) is 37.1 Å². The van der Waals surface area contributed by atoms with Crippen LogP contribution >= 0.6 is 11.9 Å². The first-order valence-electron chi connectivity index (χ1n) is 9.16. The van der Waals surface area contributed by atoms with Gasteiger partial charge in [0.1, 0.15) is 0 Å². The maximum Gasteiger partial charge on any atom is 0.416 e. The molecule has 0 aromatic heterocycles. The number of nitrogens with zero attached hydrogens (tertiary/aromatic N) is 1. The standard InChI is InChI=1S/C16H23F3N2.C3H9NS/c1-12(2)3-4-13-11-14(16(17,18)19)5-6-15(13)21-9-7-20-8-10-21;1-3(2)5-4/h5-6,11-12,20H,3-4,7-10H2,1-2H3;3H,4H2,1-2H3. The van der Waals surface area contributed by atoms with Crippen molar-refractivity contribution in [3.63, 3.8) is 0 Å². The monoisotopic (exact) mass is 391 g/mol. The van der Waals surface area contributed by atoms with Crippen LogP contribution in [0.2, 0.25) is 0 Å². The molecule has 150 valence electrons. The molecule has 0 radical (unpaired) electrons. The fourth-order valence-electron chi connectivity index (χ4n) is 2.62. The molecule has 3 N–H and O–H groups in total. The van der Waals surface area contributed by atoms with E-state index in [1.807, 2.05) is 0 Å². The largest absolute Gasteiger partial charge is 0.416 e. The van der Waals surface area contributed by atoms with E-state index in [0.717, 1.165) is 43.9 Å². The number of anilines is 1. The highest BCUT2D eigenvalue weighted by molar-refractivity contribution is 7.97. The fourth-order valence-corrected chi connectivity index (χ4v) is 2.62. The number of piperazine rings is 1. The minimum atomic E-state index is -4.27. The summed E-state index contributed by atoms with van der Waals surface area (Å²) in [6.07, 6.45) is -2.67. The zero-order valence-corrected chi connectivity index (χ0v) is 17.0. The highest BCUT2D eigenvalue weighted by atomic mass is 32.2. The minimum Gasteiger partial charge on any atom is -0.369 e. The predicted molar refractivity (Wildman–Crippen MR) is 107 cm³/mol. The minimum absolute atomic E-state index is 0.482. The molecule has 0 atom stereocenters. The molecule has 0 unspecified atom stereocenters. The summed E-state index contributed by atoms with van der Waals surface area (Å²) in [5.41, 5.74) is 1.24. The van der Waals surface area contributed by atoms with Crippen molar-refractivity contribution in [1.29, 1.82) is 0 Å². The Morgan fingerprint density at radius 1 is 1.15 bits per heavy atom. The van der Waals surface area contributed by atoms with Gasteiger partial charge in [-0.2, -0.15) is 13.2 Å². The number of nitrogens with two attached hydrogens (primary N) is 1. The Labute approximate surface area is 160 Å². The lowest BCUT2D eigenvalue weighted by molar-refractivity contribution is -0.137. The molecule has 1 aliphatic heterocycles. The second-order valence-electron chi connectivity index (χ2n) is 7.20. The first-order chi connectivity index (χ1) is 12.1. The summed E-state index contributed by atoms with van der Waals surface area (Å²) >= 11 is 1.38. The van der Waals surface area contributed by atoms with Crippen LogP contribution in [0.5, 0.6) is 0 Å². The number of alkyl halides is 3. The van der Waals surface area contributed by atoms with Crippen LogP contribution in [0.3, 0.4) is 0 Å². The molecular formula is C19H32F3N3S. The Morgan fingerprint density at radius 2 is 1.73 bits per heavy atom. The molecule has 0 amide bonds. The van der Waals surface area contributed by atoms with Crippen molar-refractivity contribution < 1.29 is 13.2 Å². The molecule has 1 saturated heterocycles. The van der Waals surface area contributed by atoms with Gasteiger partial charge < -0.3 is 10.2 Å². The lowest BCUT2D eigenvalue weighted by atomic mass is 9.98. The Hall–Kier alpha value is -0.920. The lowest BCUT2D eigenvalue weighted by Crippen LogP contribution is -2.43. The maximum absolute atomic E-state index is 12.9. The molecule has 0 spiro atoms. The SMILES string of the molecule is CC(C)CCc1cc(C(F)(F)F)ccc1N1CCNCC1.CC(C)SN. The van der Waals surface area contributed by atoms with Crippen molar-refractivity contribution in [2.24, 2.45) is 11.1 Å². The van der Waals surface area contributed by atoms with Crippen LogP contribution in [-0.2, 0) is 12.6 Å². The van der Waals surface area contributed by atoms with Gasteiger partial charge in [-0.25, -0.2) is 0 Å². The van der Waals surface area contributed by atoms with Gasteiger partial charge in [0.2, 0.25) is 0 Å². The van der Waals surface area contributed by atoms with E-state index < -0.39 is 11.7 Å². The highest BCUT2D eigenvalue weighted by Crippen LogP contribution is 2.33. The van der Waals surface area contributed by atoms with Crippen molar-refractivity contribution in [2.75, 3.05) is 31.1 Å². The summed E-state index contributed by atoms with van der Waals surface area (Å²) in [5.74, 6) is 0.482. The van der Waals surface area contributed by atoms with Crippen LogP contribution in [0, 0.1) is 5.92 Å². The second kappa shape index (κ2) is 11.0. The van der Waals surface area contributed by atoms with E-state index in [4.69, 9.17) is 5.14 Å². The quantitative estimate of drug-likeness (QED) is 0.714. The van der Waals surface area contributed by atoms with Crippen LogP contribution in [-0.4, -0.2) is 31.4 Å². The summed E-state index contributed by atoms with van der Waals surface area (Å²) in [7, 11) is 0. The number of benzene rings is 1. The van der Waals surface area contributed by atoms with Gasteiger partial charge in [0.05, 0.1) is 5.56 Å². The number of halogens is 3. The average molecular weight is 392 g/mol. The fraction of sp³-hybridized carbons (Fsp3) is 0.684. The van der Waals surface area contributed by atoms with Crippen molar-refractivity contribution in [2.45, 2.75) is 52.0 Å². The van der Waals surface area contributed by atoms with Crippen LogP contribution in [0.4, 0.5) is 18.9 Å². The van der Waals surface area contributed by atoms with E-state index in [1.54, 1.807) is 6.07 Å². The van der Waals surface area contributed by atoms with E-state index in [-0.39, 0.29) is 0 Å². The third kappa shape index (κ3) is 8.18. The molecule has 2 rings (SSSR count). The summed E-state index contributed by atoms with van der Waals surface area (Å²) in [5, 5.41) is 8.93. The van der Waals surface area contributed by atoms with Gasteiger partial charge in [0.15, 0.2) is 0 Å². The number of hydrogen-bond donors (Lipinski definition) is 2.